The molecule has 1 heterocycles. The van der Waals surface area contributed by atoms with Gasteiger partial charge in [0.25, 0.3) is 5.91 Å². The number of hydrogen-bond donors (Lipinski definition) is 2. The van der Waals surface area contributed by atoms with Gasteiger partial charge in [0.05, 0.1) is 11.1 Å². The third kappa shape index (κ3) is 5.14. The minimum Gasteiger partial charge on any atom is -0.449 e. The molecule has 1 atom stereocenters. The van der Waals surface area contributed by atoms with Crippen LogP contribution < -0.4 is 10.6 Å². The molecule has 30 heavy (non-hydrogen) atoms. The molecule has 0 saturated heterocycles. The lowest BCUT2D eigenvalue weighted by molar-refractivity contribution is -0.127. The van der Waals surface area contributed by atoms with Crippen molar-refractivity contribution >= 4 is 28.8 Å². The zero-order chi connectivity index (χ0) is 21.9. The smallest absolute Gasteiger partial charge is 0.339 e. The molecule has 1 aromatic heterocycles. The normalized spacial score (nSPS) is 14.9. The van der Waals surface area contributed by atoms with Crippen molar-refractivity contribution < 1.29 is 19.1 Å². The van der Waals surface area contributed by atoms with Gasteiger partial charge in [-0.25, -0.2) is 9.59 Å². The van der Waals surface area contributed by atoms with E-state index in [1.807, 2.05) is 24.3 Å². The summed E-state index contributed by atoms with van der Waals surface area (Å²) in [5, 5.41) is 5.59. The SMILES string of the molecule is C[C@@H](OC(=O)c1c2c(nc3ccccc13)CCCCC2)C(=O)NC(=O)NC(C)(C)C. The lowest BCUT2D eigenvalue weighted by atomic mass is 9.97. The number of urea groups is 1. The molecule has 0 saturated carbocycles. The van der Waals surface area contributed by atoms with E-state index in [2.05, 4.69) is 10.6 Å². The molecule has 2 N–H and O–H groups in total. The number of pyridine rings is 1. The lowest BCUT2D eigenvalue weighted by Crippen LogP contribution is -2.50. The summed E-state index contributed by atoms with van der Waals surface area (Å²) >= 11 is 0. The number of aromatic nitrogens is 1. The van der Waals surface area contributed by atoms with Crippen molar-refractivity contribution in [1.82, 2.24) is 15.6 Å². The maximum Gasteiger partial charge on any atom is 0.339 e. The van der Waals surface area contributed by atoms with Crippen molar-refractivity contribution in [2.24, 2.45) is 0 Å². The highest BCUT2D eigenvalue weighted by Gasteiger charge is 2.27. The molecule has 7 nitrogen and oxygen atoms in total. The first-order valence-electron chi connectivity index (χ1n) is 10.4. The first kappa shape index (κ1) is 21.7. The Morgan fingerprint density at radius 1 is 1.07 bits per heavy atom. The van der Waals surface area contributed by atoms with E-state index >= 15 is 0 Å². The average molecular weight is 412 g/mol. The van der Waals surface area contributed by atoms with Crippen LogP contribution in [-0.4, -0.2) is 34.5 Å². The van der Waals surface area contributed by atoms with Crippen molar-refractivity contribution in [2.75, 3.05) is 0 Å². The summed E-state index contributed by atoms with van der Waals surface area (Å²) in [5.41, 5.74) is 2.58. The fourth-order valence-electron chi connectivity index (χ4n) is 3.64. The van der Waals surface area contributed by atoms with Crippen molar-refractivity contribution in [2.45, 2.75) is 71.4 Å². The fourth-order valence-corrected chi connectivity index (χ4v) is 3.64. The van der Waals surface area contributed by atoms with E-state index in [9.17, 15) is 14.4 Å². The second kappa shape index (κ2) is 8.81. The summed E-state index contributed by atoms with van der Waals surface area (Å²) in [6, 6.07) is 6.85. The molecule has 1 aromatic carbocycles. The number of nitrogens with zero attached hydrogens (tertiary/aromatic N) is 1. The predicted molar refractivity (Wildman–Crippen MR) is 114 cm³/mol. The Labute approximate surface area is 176 Å². The highest BCUT2D eigenvalue weighted by Crippen LogP contribution is 2.29. The van der Waals surface area contributed by atoms with Crippen LogP contribution in [0.15, 0.2) is 24.3 Å². The summed E-state index contributed by atoms with van der Waals surface area (Å²) in [7, 11) is 0. The van der Waals surface area contributed by atoms with Crippen LogP contribution in [0.3, 0.4) is 0 Å². The van der Waals surface area contributed by atoms with E-state index < -0.39 is 29.6 Å². The van der Waals surface area contributed by atoms with Crippen LogP contribution in [0.25, 0.3) is 10.9 Å². The molecule has 0 radical (unpaired) electrons. The summed E-state index contributed by atoms with van der Waals surface area (Å²) < 4.78 is 5.49. The number of nitrogens with one attached hydrogen (secondary N) is 2. The number of rotatable bonds is 3. The molecule has 7 heteroatoms. The zero-order valence-corrected chi connectivity index (χ0v) is 18.0. The van der Waals surface area contributed by atoms with Crippen molar-refractivity contribution in [3.63, 3.8) is 0 Å². The monoisotopic (exact) mass is 411 g/mol. The van der Waals surface area contributed by atoms with E-state index in [0.29, 0.717) is 5.56 Å². The summed E-state index contributed by atoms with van der Waals surface area (Å²) in [4.78, 5) is 42.2. The van der Waals surface area contributed by atoms with Crippen LogP contribution in [-0.2, 0) is 22.4 Å². The second-order valence-corrected chi connectivity index (χ2v) is 8.73. The molecule has 3 rings (SSSR count). The van der Waals surface area contributed by atoms with Gasteiger partial charge < -0.3 is 10.1 Å². The van der Waals surface area contributed by atoms with Crippen LogP contribution in [0.2, 0.25) is 0 Å². The number of esters is 1. The topological polar surface area (TPSA) is 97.4 Å². The van der Waals surface area contributed by atoms with Gasteiger partial charge in [-0.2, -0.15) is 0 Å². The van der Waals surface area contributed by atoms with Crippen LogP contribution in [0, 0.1) is 0 Å². The van der Waals surface area contributed by atoms with Crippen molar-refractivity contribution in [1.29, 1.82) is 0 Å². The third-order valence-electron chi connectivity index (χ3n) is 5.00. The summed E-state index contributed by atoms with van der Waals surface area (Å²) in [6.45, 7) is 6.88. The van der Waals surface area contributed by atoms with Gasteiger partial charge in [0.2, 0.25) is 0 Å². The van der Waals surface area contributed by atoms with Gasteiger partial charge in [0, 0.05) is 16.6 Å². The number of imide groups is 1. The molecule has 0 fully saturated rings. The largest absolute Gasteiger partial charge is 0.449 e. The highest BCUT2D eigenvalue weighted by atomic mass is 16.5. The fraction of sp³-hybridized carbons (Fsp3) is 0.478. The number of hydrogen-bond acceptors (Lipinski definition) is 5. The zero-order valence-electron chi connectivity index (χ0n) is 18.0. The van der Waals surface area contributed by atoms with Gasteiger partial charge in [-0.05, 0) is 65.0 Å². The molecular weight excluding hydrogens is 382 g/mol. The standard InChI is InChI=1S/C23H29N3O4/c1-14(20(27)25-22(29)26-23(2,3)4)30-21(28)19-15-10-6-5-7-12-17(15)24-18-13-9-8-11-16(18)19/h8-9,11,13-14H,5-7,10,12H2,1-4H3,(H2,25,26,27,29)/t14-/m1/s1. The van der Waals surface area contributed by atoms with Crippen molar-refractivity contribution in [3.05, 3.63) is 41.1 Å². The number of ether oxygens (including phenoxy) is 1. The molecular formula is C23H29N3O4. The number of para-hydroxylation sites is 1. The van der Waals surface area contributed by atoms with E-state index in [-0.39, 0.29) is 0 Å². The van der Waals surface area contributed by atoms with E-state index in [0.717, 1.165) is 54.3 Å². The summed E-state index contributed by atoms with van der Waals surface area (Å²) in [5.74, 6) is -1.24. The van der Waals surface area contributed by atoms with Crippen LogP contribution in [0.4, 0.5) is 4.79 Å². The van der Waals surface area contributed by atoms with Crippen LogP contribution >= 0.6 is 0 Å². The molecule has 3 amide bonds. The minimum absolute atomic E-state index is 0.483. The molecule has 2 aromatic rings. The number of fused-ring (bicyclic) bond motifs is 2. The molecule has 0 aliphatic heterocycles. The van der Waals surface area contributed by atoms with E-state index in [4.69, 9.17) is 9.72 Å². The second-order valence-electron chi connectivity index (χ2n) is 8.73. The molecule has 0 bridgehead atoms. The molecule has 1 aliphatic rings. The number of amides is 3. The minimum atomic E-state index is -1.11. The Morgan fingerprint density at radius 3 is 2.50 bits per heavy atom. The molecule has 0 unspecified atom stereocenters. The first-order valence-corrected chi connectivity index (χ1v) is 10.4. The maximum absolute atomic E-state index is 13.1. The van der Waals surface area contributed by atoms with Gasteiger partial charge in [-0.3, -0.25) is 15.1 Å². The number of carbonyl (C=O) groups is 3. The third-order valence-corrected chi connectivity index (χ3v) is 5.00. The number of benzene rings is 1. The maximum atomic E-state index is 13.1. The van der Waals surface area contributed by atoms with Crippen LogP contribution in [0.5, 0.6) is 0 Å². The van der Waals surface area contributed by atoms with Crippen LogP contribution in [0.1, 0.15) is 68.6 Å². The Kier molecular flexibility index (Phi) is 6.39. The van der Waals surface area contributed by atoms with E-state index in [1.165, 1.54) is 6.92 Å². The Hall–Kier alpha value is -2.96. The van der Waals surface area contributed by atoms with Gasteiger partial charge in [-0.15, -0.1) is 0 Å². The Balaban J connectivity index is 1.83. The number of carbonyl (C=O) groups excluding carboxylic acids is 3. The first-order chi connectivity index (χ1) is 14.2. The van der Waals surface area contributed by atoms with E-state index in [1.54, 1.807) is 20.8 Å². The number of aryl methyl sites for hydroxylation is 1. The average Bonchev–Trinajstić information content (AvgIpc) is 2.89. The van der Waals surface area contributed by atoms with Gasteiger partial charge in [0.15, 0.2) is 6.10 Å². The Bertz CT molecular complexity index is 978. The van der Waals surface area contributed by atoms with Gasteiger partial charge in [-0.1, -0.05) is 24.6 Å². The molecule has 160 valence electrons. The molecule has 1 aliphatic carbocycles. The predicted octanol–water partition coefficient (Wildman–Crippen LogP) is 3.67. The highest BCUT2D eigenvalue weighted by molar-refractivity contribution is 6.06. The molecule has 0 spiro atoms. The van der Waals surface area contributed by atoms with Crippen molar-refractivity contribution in [3.8, 4) is 0 Å². The Morgan fingerprint density at radius 2 is 1.77 bits per heavy atom. The lowest BCUT2D eigenvalue weighted by Gasteiger charge is -2.21. The van der Waals surface area contributed by atoms with Gasteiger partial charge >= 0.3 is 12.0 Å². The summed E-state index contributed by atoms with van der Waals surface area (Å²) in [6.07, 6.45) is 3.57. The quantitative estimate of drug-likeness (QED) is 0.593. The van der Waals surface area contributed by atoms with Gasteiger partial charge in [0.1, 0.15) is 0 Å².